The molecular formula is C15H14O. The predicted molar refractivity (Wildman–Crippen MR) is 64.2 cm³/mol. The van der Waals surface area contributed by atoms with Crippen LogP contribution in [0.25, 0.3) is 0 Å². The molecule has 0 spiro atoms. The molecule has 0 saturated carbocycles. The first-order valence-electron chi connectivity index (χ1n) is 5.68. The van der Waals surface area contributed by atoms with E-state index in [9.17, 15) is 0 Å². The normalized spacial score (nSPS) is 23.0. The first-order chi connectivity index (χ1) is 7.93. The van der Waals surface area contributed by atoms with Gasteiger partial charge in [0.05, 0.1) is 6.10 Å². The van der Waals surface area contributed by atoms with Gasteiger partial charge in [0, 0.05) is 6.42 Å². The summed E-state index contributed by atoms with van der Waals surface area (Å²) >= 11 is 0. The van der Waals surface area contributed by atoms with Crippen LogP contribution in [0, 0.1) is 0 Å². The van der Waals surface area contributed by atoms with Crippen LogP contribution in [0.1, 0.15) is 17.2 Å². The zero-order valence-electron chi connectivity index (χ0n) is 9.04. The topological polar surface area (TPSA) is 12.5 Å². The van der Waals surface area contributed by atoms with E-state index in [1.165, 1.54) is 11.1 Å². The van der Waals surface area contributed by atoms with Crippen LogP contribution >= 0.6 is 0 Å². The van der Waals surface area contributed by atoms with Crippen molar-refractivity contribution >= 4 is 0 Å². The smallest absolute Gasteiger partial charge is 0.109 e. The van der Waals surface area contributed by atoms with Crippen LogP contribution in [-0.2, 0) is 11.2 Å². The van der Waals surface area contributed by atoms with Gasteiger partial charge in [-0.3, -0.25) is 0 Å². The van der Waals surface area contributed by atoms with Crippen LogP contribution in [0.4, 0.5) is 0 Å². The summed E-state index contributed by atoms with van der Waals surface area (Å²) in [6.45, 7) is 0. The van der Waals surface area contributed by atoms with Crippen LogP contribution in [0.15, 0.2) is 60.7 Å². The van der Waals surface area contributed by atoms with E-state index in [1.54, 1.807) is 0 Å². The van der Waals surface area contributed by atoms with Gasteiger partial charge in [0.25, 0.3) is 0 Å². The number of hydrogen-bond donors (Lipinski definition) is 0. The molecule has 1 heteroatoms. The molecule has 0 unspecified atom stereocenters. The molecule has 0 radical (unpaired) electrons. The Hall–Kier alpha value is -1.60. The van der Waals surface area contributed by atoms with E-state index in [2.05, 4.69) is 48.5 Å². The van der Waals surface area contributed by atoms with E-state index >= 15 is 0 Å². The molecule has 16 heavy (non-hydrogen) atoms. The van der Waals surface area contributed by atoms with Crippen molar-refractivity contribution in [3.8, 4) is 0 Å². The lowest BCUT2D eigenvalue weighted by atomic mass is 10.0. The van der Waals surface area contributed by atoms with Gasteiger partial charge in [-0.05, 0) is 11.1 Å². The molecule has 1 nitrogen and oxygen atoms in total. The Morgan fingerprint density at radius 3 is 2.12 bits per heavy atom. The highest BCUT2D eigenvalue weighted by Gasteiger charge is 2.39. The summed E-state index contributed by atoms with van der Waals surface area (Å²) in [5, 5.41) is 0. The molecule has 1 saturated heterocycles. The lowest BCUT2D eigenvalue weighted by molar-refractivity contribution is 0.373. The lowest BCUT2D eigenvalue weighted by Gasteiger charge is -1.97. The van der Waals surface area contributed by atoms with Crippen molar-refractivity contribution in [2.45, 2.75) is 18.6 Å². The van der Waals surface area contributed by atoms with Crippen LogP contribution in [-0.4, -0.2) is 6.10 Å². The summed E-state index contributed by atoms with van der Waals surface area (Å²) in [5.74, 6) is 0. The van der Waals surface area contributed by atoms with Crippen LogP contribution in [0.5, 0.6) is 0 Å². The molecular weight excluding hydrogens is 196 g/mol. The van der Waals surface area contributed by atoms with E-state index in [0.29, 0.717) is 12.2 Å². The Morgan fingerprint density at radius 2 is 1.44 bits per heavy atom. The van der Waals surface area contributed by atoms with Gasteiger partial charge in [-0.1, -0.05) is 60.7 Å². The van der Waals surface area contributed by atoms with Gasteiger partial charge in [0.1, 0.15) is 6.10 Å². The number of epoxide rings is 1. The fourth-order valence-electron chi connectivity index (χ4n) is 2.08. The zero-order chi connectivity index (χ0) is 10.8. The molecule has 1 aliphatic heterocycles. The molecule has 1 aliphatic rings. The van der Waals surface area contributed by atoms with E-state index in [-0.39, 0.29) is 0 Å². The minimum atomic E-state index is 0.307. The number of rotatable bonds is 3. The predicted octanol–water partition coefficient (Wildman–Crippen LogP) is 3.37. The molecule has 0 amide bonds. The number of benzene rings is 2. The van der Waals surface area contributed by atoms with Crippen molar-refractivity contribution in [1.29, 1.82) is 0 Å². The average molecular weight is 210 g/mol. The molecule has 3 rings (SSSR count). The summed E-state index contributed by atoms with van der Waals surface area (Å²) in [6, 6.07) is 21.0. The highest BCUT2D eigenvalue weighted by molar-refractivity contribution is 5.25. The quantitative estimate of drug-likeness (QED) is 0.707. The third-order valence-electron chi connectivity index (χ3n) is 2.99. The first-order valence-corrected chi connectivity index (χ1v) is 5.68. The molecule has 0 bridgehead atoms. The highest BCUT2D eigenvalue weighted by atomic mass is 16.6. The summed E-state index contributed by atoms with van der Waals surface area (Å²) < 4.78 is 5.71. The largest absolute Gasteiger partial charge is 0.364 e. The summed E-state index contributed by atoms with van der Waals surface area (Å²) in [5.41, 5.74) is 2.65. The third-order valence-corrected chi connectivity index (χ3v) is 2.99. The van der Waals surface area contributed by atoms with E-state index in [0.717, 1.165) is 6.42 Å². The highest BCUT2D eigenvalue weighted by Crippen LogP contribution is 2.40. The minimum Gasteiger partial charge on any atom is -0.364 e. The maximum absolute atomic E-state index is 5.71. The average Bonchev–Trinajstić information content (AvgIpc) is 3.11. The second-order valence-corrected chi connectivity index (χ2v) is 4.20. The van der Waals surface area contributed by atoms with Crippen LogP contribution in [0.2, 0.25) is 0 Å². The second-order valence-electron chi connectivity index (χ2n) is 4.20. The number of hydrogen-bond acceptors (Lipinski definition) is 1. The standard InChI is InChI=1S/C15H14O/c1-3-7-12(8-4-1)11-14-15(16-14)13-9-5-2-6-10-13/h1-10,14-15H,11H2/t14-,15-/m0/s1. The van der Waals surface area contributed by atoms with Gasteiger partial charge >= 0.3 is 0 Å². The Kier molecular flexibility index (Phi) is 2.47. The molecule has 1 heterocycles. The maximum atomic E-state index is 5.71. The molecule has 0 aliphatic carbocycles. The molecule has 0 aromatic heterocycles. The Bertz CT molecular complexity index is 449. The van der Waals surface area contributed by atoms with Crippen molar-refractivity contribution < 1.29 is 4.74 Å². The van der Waals surface area contributed by atoms with Gasteiger partial charge in [-0.2, -0.15) is 0 Å². The molecule has 2 atom stereocenters. The molecule has 2 aromatic rings. The summed E-state index contributed by atoms with van der Waals surface area (Å²) in [7, 11) is 0. The van der Waals surface area contributed by atoms with Crippen molar-refractivity contribution in [1.82, 2.24) is 0 Å². The van der Waals surface area contributed by atoms with Crippen molar-refractivity contribution in [2.24, 2.45) is 0 Å². The molecule has 2 aromatic carbocycles. The van der Waals surface area contributed by atoms with Gasteiger partial charge < -0.3 is 4.74 Å². The minimum absolute atomic E-state index is 0.307. The second kappa shape index (κ2) is 4.11. The van der Waals surface area contributed by atoms with Gasteiger partial charge in [0.2, 0.25) is 0 Å². The molecule has 0 N–H and O–H groups in total. The maximum Gasteiger partial charge on any atom is 0.109 e. The van der Waals surface area contributed by atoms with E-state index in [1.807, 2.05) is 12.1 Å². The van der Waals surface area contributed by atoms with Crippen molar-refractivity contribution in [3.63, 3.8) is 0 Å². The van der Waals surface area contributed by atoms with Crippen molar-refractivity contribution in [3.05, 3.63) is 71.8 Å². The molecule has 80 valence electrons. The molecule has 1 fully saturated rings. The monoisotopic (exact) mass is 210 g/mol. The van der Waals surface area contributed by atoms with Crippen molar-refractivity contribution in [2.75, 3.05) is 0 Å². The van der Waals surface area contributed by atoms with Gasteiger partial charge in [0.15, 0.2) is 0 Å². The Morgan fingerprint density at radius 1 is 0.812 bits per heavy atom. The van der Waals surface area contributed by atoms with Gasteiger partial charge in [-0.15, -0.1) is 0 Å². The summed E-state index contributed by atoms with van der Waals surface area (Å²) in [4.78, 5) is 0. The number of ether oxygens (including phenoxy) is 1. The van der Waals surface area contributed by atoms with E-state index in [4.69, 9.17) is 4.74 Å². The Labute approximate surface area is 95.7 Å². The SMILES string of the molecule is c1ccc(C[C@@H]2O[C@H]2c2ccccc2)cc1. The third kappa shape index (κ3) is 2.00. The Balaban J connectivity index is 1.65. The zero-order valence-corrected chi connectivity index (χ0v) is 9.04. The fourth-order valence-corrected chi connectivity index (χ4v) is 2.08. The lowest BCUT2D eigenvalue weighted by Crippen LogP contribution is -1.94. The van der Waals surface area contributed by atoms with E-state index < -0.39 is 0 Å². The fraction of sp³-hybridized carbons (Fsp3) is 0.200. The summed E-state index contributed by atoms with van der Waals surface area (Å²) in [6.07, 6.45) is 1.69. The van der Waals surface area contributed by atoms with Crippen LogP contribution < -0.4 is 0 Å². The van der Waals surface area contributed by atoms with Gasteiger partial charge in [-0.25, -0.2) is 0 Å². The first kappa shape index (κ1) is 9.61. The van der Waals surface area contributed by atoms with Crippen LogP contribution in [0.3, 0.4) is 0 Å².